The lowest BCUT2D eigenvalue weighted by molar-refractivity contribution is 0.101. The van der Waals surface area contributed by atoms with Gasteiger partial charge in [0.05, 0.1) is 17.7 Å². The van der Waals surface area contributed by atoms with Gasteiger partial charge in [-0.25, -0.2) is 0 Å². The van der Waals surface area contributed by atoms with Crippen molar-refractivity contribution in [2.75, 3.05) is 6.61 Å². The molecular formula is C13H21ClN2O. The van der Waals surface area contributed by atoms with Crippen molar-refractivity contribution in [2.24, 2.45) is 0 Å². The fraction of sp³-hybridized carbons (Fsp3) is 0.769. The Morgan fingerprint density at radius 2 is 2.29 bits per heavy atom. The monoisotopic (exact) mass is 256 g/mol. The van der Waals surface area contributed by atoms with Crippen LogP contribution >= 0.6 is 11.6 Å². The smallest absolute Gasteiger partial charge is 0.0640 e. The van der Waals surface area contributed by atoms with E-state index in [2.05, 4.69) is 16.7 Å². The first-order valence-corrected chi connectivity index (χ1v) is 6.96. The van der Waals surface area contributed by atoms with Crippen molar-refractivity contribution in [1.29, 1.82) is 0 Å². The van der Waals surface area contributed by atoms with Gasteiger partial charge in [-0.05, 0) is 39.5 Å². The normalized spacial score (nSPS) is 20.1. The first kappa shape index (κ1) is 12.9. The maximum absolute atomic E-state index is 5.92. The molecule has 0 spiro atoms. The number of halogens is 1. The summed E-state index contributed by atoms with van der Waals surface area (Å²) in [4.78, 5) is 0. The van der Waals surface area contributed by atoms with E-state index in [4.69, 9.17) is 16.3 Å². The number of hydrogen-bond donors (Lipinski definition) is 0. The minimum Gasteiger partial charge on any atom is -0.378 e. The number of aryl methyl sites for hydroxylation is 2. The van der Waals surface area contributed by atoms with Gasteiger partial charge in [-0.3, -0.25) is 4.68 Å². The van der Waals surface area contributed by atoms with E-state index >= 15 is 0 Å². The van der Waals surface area contributed by atoms with Crippen molar-refractivity contribution in [3.8, 4) is 0 Å². The molecule has 4 heteroatoms. The predicted octanol–water partition coefficient (Wildman–Crippen LogP) is 3.20. The van der Waals surface area contributed by atoms with Crippen LogP contribution in [-0.4, -0.2) is 22.5 Å². The lowest BCUT2D eigenvalue weighted by Crippen LogP contribution is -2.09. The molecule has 2 rings (SSSR count). The Labute approximate surface area is 108 Å². The Morgan fingerprint density at radius 3 is 2.88 bits per heavy atom. The SMILES string of the molecule is Cc1nn(CCCC2CCCO2)c(C)c1CCl. The van der Waals surface area contributed by atoms with Crippen LogP contribution in [0, 0.1) is 13.8 Å². The summed E-state index contributed by atoms with van der Waals surface area (Å²) in [5.74, 6) is 0.559. The van der Waals surface area contributed by atoms with Crippen molar-refractivity contribution >= 4 is 11.6 Å². The first-order valence-electron chi connectivity index (χ1n) is 6.43. The second-order valence-electron chi connectivity index (χ2n) is 4.78. The van der Waals surface area contributed by atoms with Crippen LogP contribution in [0.3, 0.4) is 0 Å². The van der Waals surface area contributed by atoms with Gasteiger partial charge in [-0.2, -0.15) is 5.10 Å². The zero-order valence-corrected chi connectivity index (χ0v) is 11.5. The van der Waals surface area contributed by atoms with Crippen molar-refractivity contribution in [2.45, 2.75) is 58.1 Å². The van der Waals surface area contributed by atoms with Crippen LogP contribution in [0.4, 0.5) is 0 Å². The van der Waals surface area contributed by atoms with Crippen molar-refractivity contribution < 1.29 is 4.74 Å². The Kier molecular flexibility index (Phi) is 4.46. The fourth-order valence-corrected chi connectivity index (χ4v) is 2.87. The van der Waals surface area contributed by atoms with E-state index in [1.807, 2.05) is 6.92 Å². The van der Waals surface area contributed by atoms with Crippen LogP contribution in [0.15, 0.2) is 0 Å². The molecule has 96 valence electrons. The highest BCUT2D eigenvalue weighted by Crippen LogP contribution is 2.19. The maximum atomic E-state index is 5.92. The molecule has 3 nitrogen and oxygen atoms in total. The average Bonchev–Trinajstić information content (AvgIpc) is 2.89. The summed E-state index contributed by atoms with van der Waals surface area (Å²) in [6.45, 7) is 6.05. The molecule has 0 saturated carbocycles. The van der Waals surface area contributed by atoms with E-state index in [0.29, 0.717) is 12.0 Å². The van der Waals surface area contributed by atoms with E-state index in [0.717, 1.165) is 31.7 Å². The van der Waals surface area contributed by atoms with Gasteiger partial charge in [-0.15, -0.1) is 11.6 Å². The lowest BCUT2D eigenvalue weighted by Gasteiger charge is -2.09. The van der Waals surface area contributed by atoms with E-state index in [9.17, 15) is 0 Å². The van der Waals surface area contributed by atoms with Gasteiger partial charge in [0.2, 0.25) is 0 Å². The van der Waals surface area contributed by atoms with Gasteiger partial charge >= 0.3 is 0 Å². The number of alkyl halides is 1. The van der Waals surface area contributed by atoms with Crippen molar-refractivity contribution in [3.63, 3.8) is 0 Å². The molecule has 0 aromatic carbocycles. The van der Waals surface area contributed by atoms with Crippen LogP contribution in [0.5, 0.6) is 0 Å². The number of ether oxygens (including phenoxy) is 1. The number of aromatic nitrogens is 2. The number of hydrogen-bond acceptors (Lipinski definition) is 2. The predicted molar refractivity (Wildman–Crippen MR) is 69.5 cm³/mol. The first-order chi connectivity index (χ1) is 8.22. The molecule has 2 heterocycles. The molecule has 1 atom stereocenters. The van der Waals surface area contributed by atoms with E-state index in [-0.39, 0.29) is 0 Å². The Morgan fingerprint density at radius 1 is 1.47 bits per heavy atom. The summed E-state index contributed by atoms with van der Waals surface area (Å²) in [5, 5.41) is 4.54. The second-order valence-corrected chi connectivity index (χ2v) is 5.05. The summed E-state index contributed by atoms with van der Waals surface area (Å²) in [6.07, 6.45) is 5.22. The van der Waals surface area contributed by atoms with E-state index in [1.165, 1.54) is 24.1 Å². The zero-order valence-electron chi connectivity index (χ0n) is 10.7. The molecule has 1 aromatic heterocycles. The highest BCUT2D eigenvalue weighted by molar-refractivity contribution is 6.17. The Balaban J connectivity index is 1.86. The summed E-state index contributed by atoms with van der Waals surface area (Å²) in [6, 6.07) is 0. The lowest BCUT2D eigenvalue weighted by atomic mass is 10.1. The van der Waals surface area contributed by atoms with Gasteiger partial charge in [0.15, 0.2) is 0 Å². The minimum absolute atomic E-state index is 0.486. The molecule has 0 N–H and O–H groups in total. The van der Waals surface area contributed by atoms with E-state index < -0.39 is 0 Å². The van der Waals surface area contributed by atoms with Gasteiger partial charge in [-0.1, -0.05) is 0 Å². The topological polar surface area (TPSA) is 27.1 Å². The molecule has 1 unspecified atom stereocenters. The largest absolute Gasteiger partial charge is 0.378 e. The van der Waals surface area contributed by atoms with E-state index in [1.54, 1.807) is 0 Å². The standard InChI is InChI=1S/C13H21ClN2O/c1-10-13(9-14)11(2)16(15-10)7-3-5-12-6-4-8-17-12/h12H,3-9H2,1-2H3. The number of rotatable bonds is 5. The Hall–Kier alpha value is -0.540. The van der Waals surface area contributed by atoms with Gasteiger partial charge < -0.3 is 4.74 Å². The van der Waals surface area contributed by atoms with Crippen LogP contribution in [0.25, 0.3) is 0 Å². The fourth-order valence-electron chi connectivity index (χ4n) is 2.49. The summed E-state index contributed by atoms with van der Waals surface area (Å²) < 4.78 is 7.71. The molecule has 0 aliphatic carbocycles. The third-order valence-corrected chi connectivity index (χ3v) is 3.85. The summed E-state index contributed by atoms with van der Waals surface area (Å²) in [5.41, 5.74) is 3.46. The number of nitrogens with zero attached hydrogens (tertiary/aromatic N) is 2. The molecule has 1 saturated heterocycles. The molecule has 1 aliphatic heterocycles. The highest BCUT2D eigenvalue weighted by Gasteiger charge is 2.15. The zero-order chi connectivity index (χ0) is 12.3. The molecular weight excluding hydrogens is 236 g/mol. The van der Waals surface area contributed by atoms with Gasteiger partial charge in [0, 0.05) is 24.4 Å². The summed E-state index contributed by atoms with van der Waals surface area (Å²) in [7, 11) is 0. The van der Waals surface area contributed by atoms with Crippen LogP contribution in [-0.2, 0) is 17.2 Å². The van der Waals surface area contributed by atoms with Gasteiger partial charge in [0.25, 0.3) is 0 Å². The second kappa shape index (κ2) is 5.87. The molecule has 0 bridgehead atoms. The molecule has 0 radical (unpaired) electrons. The molecule has 0 amide bonds. The summed E-state index contributed by atoms with van der Waals surface area (Å²) >= 11 is 5.92. The molecule has 1 aromatic rings. The Bertz CT molecular complexity index is 370. The third-order valence-electron chi connectivity index (χ3n) is 3.58. The van der Waals surface area contributed by atoms with Gasteiger partial charge in [0.1, 0.15) is 0 Å². The quantitative estimate of drug-likeness (QED) is 0.757. The highest BCUT2D eigenvalue weighted by atomic mass is 35.5. The van der Waals surface area contributed by atoms with Crippen LogP contribution in [0.1, 0.15) is 42.6 Å². The average molecular weight is 257 g/mol. The molecule has 1 fully saturated rings. The van der Waals surface area contributed by atoms with Crippen LogP contribution in [0.2, 0.25) is 0 Å². The maximum Gasteiger partial charge on any atom is 0.0640 e. The van der Waals surface area contributed by atoms with Crippen LogP contribution < -0.4 is 0 Å². The van der Waals surface area contributed by atoms with Crippen molar-refractivity contribution in [3.05, 3.63) is 17.0 Å². The minimum atomic E-state index is 0.486. The molecule has 17 heavy (non-hydrogen) atoms. The molecule has 1 aliphatic rings. The van der Waals surface area contributed by atoms with Crippen molar-refractivity contribution in [1.82, 2.24) is 9.78 Å². The third kappa shape index (κ3) is 3.02.